The molecule has 8 heteroatoms. The predicted molar refractivity (Wildman–Crippen MR) is 89.0 cm³/mol. The van der Waals surface area contributed by atoms with E-state index in [9.17, 15) is 8.42 Å². The zero-order valence-electron chi connectivity index (χ0n) is 13.4. The van der Waals surface area contributed by atoms with Crippen molar-refractivity contribution in [3.8, 4) is 0 Å². The van der Waals surface area contributed by atoms with Crippen molar-refractivity contribution in [2.45, 2.75) is 25.7 Å². The van der Waals surface area contributed by atoms with Gasteiger partial charge in [0.1, 0.15) is 22.2 Å². The van der Waals surface area contributed by atoms with Crippen LogP contribution in [0.15, 0.2) is 44.9 Å². The van der Waals surface area contributed by atoms with Gasteiger partial charge in [-0.3, -0.25) is 5.43 Å². The van der Waals surface area contributed by atoms with Gasteiger partial charge in [0.15, 0.2) is 0 Å². The minimum Gasteiger partial charge on any atom is -0.460 e. The molecule has 0 aromatic carbocycles. The van der Waals surface area contributed by atoms with Crippen molar-refractivity contribution in [2.75, 3.05) is 18.5 Å². The molecular formula is C15H20N4O3S. The summed E-state index contributed by atoms with van der Waals surface area (Å²) in [6, 6.07) is 6.72. The second kappa shape index (κ2) is 7.38. The Labute approximate surface area is 136 Å². The van der Waals surface area contributed by atoms with Crippen molar-refractivity contribution in [1.82, 2.24) is 9.29 Å². The fourth-order valence-electron chi connectivity index (χ4n) is 2.00. The first kappa shape index (κ1) is 17.2. The zero-order chi connectivity index (χ0) is 16.9. The smallest absolute Gasteiger partial charge is 0.244 e. The molecular weight excluding hydrogens is 316 g/mol. The van der Waals surface area contributed by atoms with E-state index >= 15 is 0 Å². The number of rotatable bonds is 7. The molecule has 2 aromatic rings. The van der Waals surface area contributed by atoms with Crippen molar-refractivity contribution < 1.29 is 12.8 Å². The molecule has 0 aliphatic rings. The largest absolute Gasteiger partial charge is 0.460 e. The molecule has 0 aliphatic heterocycles. The van der Waals surface area contributed by atoms with Crippen LogP contribution in [0.5, 0.6) is 0 Å². The lowest BCUT2D eigenvalue weighted by Gasteiger charge is -2.18. The molecule has 0 spiro atoms. The molecule has 124 valence electrons. The summed E-state index contributed by atoms with van der Waals surface area (Å²) >= 11 is 0. The van der Waals surface area contributed by atoms with E-state index in [1.807, 2.05) is 13.0 Å². The van der Waals surface area contributed by atoms with Crippen LogP contribution in [-0.2, 0) is 10.0 Å². The van der Waals surface area contributed by atoms with Crippen molar-refractivity contribution in [3.63, 3.8) is 0 Å². The summed E-state index contributed by atoms with van der Waals surface area (Å²) in [5, 5.41) is 3.99. The highest BCUT2D eigenvalue weighted by Gasteiger charge is 2.21. The number of hydrazone groups is 1. The maximum absolute atomic E-state index is 12.3. The van der Waals surface area contributed by atoms with Crippen LogP contribution in [0.4, 0.5) is 5.82 Å². The normalized spacial score (nSPS) is 12.2. The molecule has 2 rings (SSSR count). The Morgan fingerprint density at radius 3 is 2.52 bits per heavy atom. The second-order valence-electron chi connectivity index (χ2n) is 4.79. The molecule has 23 heavy (non-hydrogen) atoms. The fourth-order valence-corrected chi connectivity index (χ4v) is 3.40. The van der Waals surface area contributed by atoms with Crippen LogP contribution >= 0.6 is 0 Å². The van der Waals surface area contributed by atoms with E-state index in [-0.39, 0.29) is 4.90 Å². The molecule has 2 aromatic heterocycles. The van der Waals surface area contributed by atoms with Crippen LogP contribution in [0, 0.1) is 6.92 Å². The number of nitrogens with zero attached hydrogens (tertiary/aromatic N) is 3. The maximum atomic E-state index is 12.3. The zero-order valence-corrected chi connectivity index (χ0v) is 14.2. The van der Waals surface area contributed by atoms with Crippen LogP contribution in [0.25, 0.3) is 0 Å². The molecule has 0 bridgehead atoms. The third-order valence-corrected chi connectivity index (χ3v) is 5.25. The number of aryl methyl sites for hydroxylation is 1. The average molecular weight is 336 g/mol. The molecule has 7 nitrogen and oxygen atoms in total. The highest BCUT2D eigenvalue weighted by atomic mass is 32.2. The van der Waals surface area contributed by atoms with E-state index in [1.165, 1.54) is 22.8 Å². The van der Waals surface area contributed by atoms with E-state index in [2.05, 4.69) is 15.5 Å². The van der Waals surface area contributed by atoms with Gasteiger partial charge in [0.25, 0.3) is 0 Å². The Hall–Kier alpha value is -2.19. The summed E-state index contributed by atoms with van der Waals surface area (Å²) in [5.74, 6) is 1.87. The van der Waals surface area contributed by atoms with Gasteiger partial charge in [-0.1, -0.05) is 13.8 Å². The van der Waals surface area contributed by atoms with Gasteiger partial charge in [-0.25, -0.2) is 13.4 Å². The van der Waals surface area contributed by atoms with E-state index in [4.69, 9.17) is 4.42 Å². The molecule has 2 heterocycles. The van der Waals surface area contributed by atoms with Crippen LogP contribution in [-0.4, -0.2) is 37.0 Å². The molecule has 1 N–H and O–H groups in total. The van der Waals surface area contributed by atoms with Gasteiger partial charge < -0.3 is 4.42 Å². The molecule has 0 saturated carbocycles. The number of anilines is 1. The topological polar surface area (TPSA) is 87.8 Å². The number of aromatic nitrogens is 1. The Kier molecular flexibility index (Phi) is 5.51. The summed E-state index contributed by atoms with van der Waals surface area (Å²) < 4.78 is 31.4. The average Bonchev–Trinajstić information content (AvgIpc) is 2.94. The number of sulfonamides is 1. The molecule has 0 amide bonds. The van der Waals surface area contributed by atoms with E-state index < -0.39 is 10.0 Å². The molecule has 0 atom stereocenters. The second-order valence-corrected chi connectivity index (χ2v) is 6.72. The predicted octanol–water partition coefficient (Wildman–Crippen LogP) is 2.46. The Morgan fingerprint density at radius 1 is 1.26 bits per heavy atom. The maximum Gasteiger partial charge on any atom is 0.244 e. The third kappa shape index (κ3) is 4.17. The summed E-state index contributed by atoms with van der Waals surface area (Å²) in [6.07, 6.45) is 2.85. The Bertz CT molecular complexity index is 762. The number of hydrogen-bond acceptors (Lipinski definition) is 6. The standard InChI is InChI=1S/C15H20N4O3S/c1-4-19(5-2)23(20,21)14-8-9-15(16-11-14)18-17-10-13-7-6-12(3)22-13/h6-11H,4-5H2,1-3H3,(H,16,18)/b17-10-. The van der Waals surface area contributed by atoms with Gasteiger partial charge >= 0.3 is 0 Å². The monoisotopic (exact) mass is 336 g/mol. The van der Waals surface area contributed by atoms with Gasteiger partial charge in [-0.05, 0) is 31.2 Å². The summed E-state index contributed by atoms with van der Waals surface area (Å²) in [6.45, 7) is 6.30. The van der Waals surface area contributed by atoms with E-state index in [0.717, 1.165) is 5.76 Å². The lowest BCUT2D eigenvalue weighted by Crippen LogP contribution is -2.30. The van der Waals surface area contributed by atoms with Crippen molar-refractivity contribution in [1.29, 1.82) is 0 Å². The van der Waals surface area contributed by atoms with Crippen LogP contribution < -0.4 is 5.43 Å². The van der Waals surface area contributed by atoms with Gasteiger partial charge in [0.05, 0.1) is 6.21 Å². The molecule has 0 saturated heterocycles. The molecule has 0 radical (unpaired) electrons. The lowest BCUT2D eigenvalue weighted by molar-refractivity contribution is 0.445. The minimum atomic E-state index is -3.49. The quantitative estimate of drug-likeness (QED) is 0.620. The van der Waals surface area contributed by atoms with Crippen LogP contribution in [0.3, 0.4) is 0 Å². The van der Waals surface area contributed by atoms with Crippen LogP contribution in [0.2, 0.25) is 0 Å². The Balaban J connectivity index is 2.06. The highest BCUT2D eigenvalue weighted by Crippen LogP contribution is 2.16. The molecule has 0 aliphatic carbocycles. The van der Waals surface area contributed by atoms with Crippen molar-refractivity contribution >= 4 is 22.1 Å². The number of pyridine rings is 1. The highest BCUT2D eigenvalue weighted by molar-refractivity contribution is 7.89. The summed E-state index contributed by atoms with van der Waals surface area (Å²) in [5.41, 5.74) is 2.73. The summed E-state index contributed by atoms with van der Waals surface area (Å²) in [4.78, 5) is 4.24. The Morgan fingerprint density at radius 2 is 2.00 bits per heavy atom. The summed E-state index contributed by atoms with van der Waals surface area (Å²) in [7, 11) is -3.49. The number of hydrogen-bond donors (Lipinski definition) is 1. The molecule has 0 fully saturated rings. The minimum absolute atomic E-state index is 0.164. The van der Waals surface area contributed by atoms with Gasteiger partial charge in [-0.15, -0.1) is 0 Å². The van der Waals surface area contributed by atoms with E-state index in [1.54, 1.807) is 26.0 Å². The van der Waals surface area contributed by atoms with Gasteiger partial charge in [-0.2, -0.15) is 9.41 Å². The first-order chi connectivity index (χ1) is 11.0. The number of furan rings is 1. The SMILES string of the molecule is CCN(CC)S(=O)(=O)c1ccc(N/N=C\c2ccc(C)o2)nc1. The van der Waals surface area contributed by atoms with E-state index in [0.29, 0.717) is 24.7 Å². The molecule has 0 unspecified atom stereocenters. The fraction of sp³-hybridized carbons (Fsp3) is 0.333. The third-order valence-electron chi connectivity index (χ3n) is 3.21. The van der Waals surface area contributed by atoms with Crippen molar-refractivity contribution in [2.24, 2.45) is 5.10 Å². The number of nitrogens with one attached hydrogen (secondary N) is 1. The van der Waals surface area contributed by atoms with Gasteiger partial charge in [0.2, 0.25) is 10.0 Å². The van der Waals surface area contributed by atoms with Crippen molar-refractivity contribution in [3.05, 3.63) is 42.0 Å². The van der Waals surface area contributed by atoms with Gasteiger partial charge in [0, 0.05) is 19.3 Å². The van der Waals surface area contributed by atoms with Crippen LogP contribution in [0.1, 0.15) is 25.4 Å². The first-order valence-electron chi connectivity index (χ1n) is 7.29. The lowest BCUT2D eigenvalue weighted by atomic mass is 10.4. The first-order valence-corrected chi connectivity index (χ1v) is 8.73.